The molecule has 20 heavy (non-hydrogen) atoms. The van der Waals surface area contributed by atoms with E-state index in [4.69, 9.17) is 5.73 Å². The van der Waals surface area contributed by atoms with Crippen molar-refractivity contribution in [1.82, 2.24) is 9.62 Å². The van der Waals surface area contributed by atoms with Gasteiger partial charge in [-0.15, -0.1) is 0 Å². The second-order valence-corrected chi connectivity index (χ2v) is 6.61. The summed E-state index contributed by atoms with van der Waals surface area (Å²) in [4.78, 5) is 13.0. The number of nitrogens with zero attached hydrogens (tertiary/aromatic N) is 1. The molecule has 1 atom stereocenters. The van der Waals surface area contributed by atoms with Crippen LogP contribution >= 0.6 is 0 Å². The highest BCUT2D eigenvalue weighted by Gasteiger charge is 2.21. The highest BCUT2D eigenvalue weighted by Crippen LogP contribution is 2.08. The van der Waals surface area contributed by atoms with Gasteiger partial charge in [-0.25, -0.2) is 13.1 Å². The smallest absolute Gasteiger partial charge is 0.239 e. The predicted octanol–water partition coefficient (Wildman–Crippen LogP) is 0.0414. The molecule has 1 aromatic rings. The number of hydrogen-bond donors (Lipinski definition) is 2. The number of carbonyl (C=O) groups excluding carboxylic acids is 1. The minimum atomic E-state index is -3.56. The molecule has 1 rings (SSSR count). The lowest BCUT2D eigenvalue weighted by Crippen LogP contribution is -2.44. The maximum Gasteiger partial charge on any atom is 0.239 e. The van der Waals surface area contributed by atoms with Crippen LogP contribution < -0.4 is 10.5 Å². The summed E-state index contributed by atoms with van der Waals surface area (Å²) in [5.74, 6) is -0.449. The van der Waals surface area contributed by atoms with E-state index in [0.29, 0.717) is 12.1 Å². The molecule has 3 N–H and O–H groups in total. The molecule has 6 nitrogen and oxygen atoms in total. The van der Waals surface area contributed by atoms with Crippen LogP contribution in [0.15, 0.2) is 24.3 Å². The number of nitrogens with one attached hydrogen (secondary N) is 1. The molecule has 1 amide bonds. The van der Waals surface area contributed by atoms with Crippen molar-refractivity contribution in [2.45, 2.75) is 25.3 Å². The number of carbonyl (C=O) groups is 1. The Morgan fingerprint density at radius 1 is 1.25 bits per heavy atom. The molecule has 0 aliphatic rings. The Bertz CT molecular complexity index is 553. The van der Waals surface area contributed by atoms with Gasteiger partial charge in [0, 0.05) is 20.6 Å². The normalized spacial score (nSPS) is 13.0. The SMILES string of the molecule is CC(NS(=O)(=O)Cc1ccc(CN)cc1)C(=O)N(C)C. The third-order valence-corrected chi connectivity index (χ3v) is 4.21. The molecular formula is C13H21N3O3S. The van der Waals surface area contributed by atoms with Crippen LogP contribution in [0, 0.1) is 0 Å². The summed E-state index contributed by atoms with van der Waals surface area (Å²) < 4.78 is 26.3. The van der Waals surface area contributed by atoms with Crippen LogP contribution in [-0.4, -0.2) is 39.4 Å². The minimum absolute atomic E-state index is 0.164. The van der Waals surface area contributed by atoms with Crippen molar-refractivity contribution in [3.8, 4) is 0 Å². The molecule has 0 radical (unpaired) electrons. The zero-order valence-corrected chi connectivity index (χ0v) is 12.8. The predicted molar refractivity (Wildman–Crippen MR) is 78.2 cm³/mol. The monoisotopic (exact) mass is 299 g/mol. The van der Waals surface area contributed by atoms with Gasteiger partial charge < -0.3 is 10.6 Å². The van der Waals surface area contributed by atoms with Crippen LogP contribution in [0.3, 0.4) is 0 Å². The minimum Gasteiger partial charge on any atom is -0.347 e. The van der Waals surface area contributed by atoms with Gasteiger partial charge in [0.25, 0.3) is 0 Å². The number of amides is 1. The second-order valence-electron chi connectivity index (χ2n) is 4.85. The van der Waals surface area contributed by atoms with E-state index in [2.05, 4.69) is 4.72 Å². The van der Waals surface area contributed by atoms with Gasteiger partial charge in [0.05, 0.1) is 11.8 Å². The van der Waals surface area contributed by atoms with Crippen molar-refractivity contribution >= 4 is 15.9 Å². The van der Waals surface area contributed by atoms with Crippen LogP contribution in [-0.2, 0) is 27.1 Å². The highest BCUT2D eigenvalue weighted by molar-refractivity contribution is 7.88. The van der Waals surface area contributed by atoms with Crippen LogP contribution in [0.2, 0.25) is 0 Å². The third-order valence-electron chi connectivity index (χ3n) is 2.78. The lowest BCUT2D eigenvalue weighted by atomic mass is 10.1. The number of rotatable bonds is 6. The van der Waals surface area contributed by atoms with Crippen LogP contribution in [0.25, 0.3) is 0 Å². The Hall–Kier alpha value is -1.44. The molecule has 0 saturated carbocycles. The Kier molecular flexibility index (Phi) is 5.67. The fourth-order valence-corrected chi connectivity index (χ4v) is 3.09. The molecule has 0 heterocycles. The first-order chi connectivity index (χ1) is 9.25. The van der Waals surface area contributed by atoms with Crippen molar-refractivity contribution in [3.63, 3.8) is 0 Å². The van der Waals surface area contributed by atoms with Gasteiger partial charge in [-0.1, -0.05) is 24.3 Å². The summed E-state index contributed by atoms with van der Waals surface area (Å²) in [7, 11) is -0.397. The van der Waals surface area contributed by atoms with E-state index in [-0.39, 0.29) is 11.7 Å². The van der Waals surface area contributed by atoms with E-state index in [1.807, 2.05) is 0 Å². The van der Waals surface area contributed by atoms with Crippen LogP contribution in [0.5, 0.6) is 0 Å². The van der Waals surface area contributed by atoms with Gasteiger partial charge in [0.2, 0.25) is 15.9 Å². The molecule has 0 aromatic heterocycles. The van der Waals surface area contributed by atoms with Crippen molar-refractivity contribution in [2.24, 2.45) is 5.73 Å². The first-order valence-corrected chi connectivity index (χ1v) is 7.89. The van der Waals surface area contributed by atoms with Gasteiger partial charge in [-0.3, -0.25) is 4.79 Å². The van der Waals surface area contributed by atoms with Crippen molar-refractivity contribution < 1.29 is 13.2 Å². The maximum absolute atomic E-state index is 12.0. The summed E-state index contributed by atoms with van der Waals surface area (Å²) in [6, 6.07) is 6.25. The Labute approximate surface area is 120 Å². The number of nitrogens with two attached hydrogens (primary N) is 1. The molecular weight excluding hydrogens is 278 g/mol. The average molecular weight is 299 g/mol. The summed E-state index contributed by atoms with van der Waals surface area (Å²) in [5.41, 5.74) is 7.07. The van der Waals surface area contributed by atoms with Crippen molar-refractivity contribution in [1.29, 1.82) is 0 Å². The van der Waals surface area contributed by atoms with E-state index >= 15 is 0 Å². The standard InChI is InChI=1S/C13H21N3O3S/c1-10(13(17)16(2)3)15-20(18,19)9-12-6-4-11(8-14)5-7-12/h4-7,10,15H,8-9,14H2,1-3H3. The number of benzene rings is 1. The molecule has 0 bridgehead atoms. The molecule has 0 aliphatic carbocycles. The van der Waals surface area contributed by atoms with E-state index in [9.17, 15) is 13.2 Å². The first-order valence-electron chi connectivity index (χ1n) is 6.24. The van der Waals surface area contributed by atoms with Crippen molar-refractivity contribution in [2.75, 3.05) is 14.1 Å². The number of sulfonamides is 1. The summed E-state index contributed by atoms with van der Waals surface area (Å²) in [6.45, 7) is 1.94. The average Bonchev–Trinajstić information content (AvgIpc) is 2.37. The Balaban J connectivity index is 2.71. The number of hydrogen-bond acceptors (Lipinski definition) is 4. The molecule has 1 aromatic carbocycles. The van der Waals surface area contributed by atoms with Gasteiger partial charge in [-0.2, -0.15) is 0 Å². The van der Waals surface area contributed by atoms with E-state index in [0.717, 1.165) is 5.56 Å². The summed E-state index contributed by atoms with van der Waals surface area (Å²) >= 11 is 0. The summed E-state index contributed by atoms with van der Waals surface area (Å²) in [5, 5.41) is 0. The lowest BCUT2D eigenvalue weighted by molar-refractivity contribution is -0.130. The van der Waals surface area contributed by atoms with Gasteiger partial charge in [0.15, 0.2) is 0 Å². The first kappa shape index (κ1) is 16.6. The maximum atomic E-state index is 12.0. The Morgan fingerprint density at radius 2 is 1.75 bits per heavy atom. The van der Waals surface area contributed by atoms with Crippen molar-refractivity contribution in [3.05, 3.63) is 35.4 Å². The molecule has 7 heteroatoms. The largest absolute Gasteiger partial charge is 0.347 e. The molecule has 0 aliphatic heterocycles. The Morgan fingerprint density at radius 3 is 2.20 bits per heavy atom. The third kappa shape index (κ3) is 4.92. The quantitative estimate of drug-likeness (QED) is 0.776. The summed E-state index contributed by atoms with van der Waals surface area (Å²) in [6.07, 6.45) is 0. The van der Waals surface area contributed by atoms with E-state index in [1.165, 1.54) is 11.8 Å². The molecule has 0 spiro atoms. The molecule has 0 fully saturated rings. The topological polar surface area (TPSA) is 92.5 Å². The lowest BCUT2D eigenvalue weighted by Gasteiger charge is -2.18. The second kappa shape index (κ2) is 6.83. The zero-order chi connectivity index (χ0) is 15.3. The number of likely N-dealkylation sites (N-methyl/N-ethyl adjacent to an activating group) is 1. The molecule has 112 valence electrons. The van der Waals surface area contributed by atoms with E-state index in [1.54, 1.807) is 38.4 Å². The van der Waals surface area contributed by atoms with Crippen LogP contribution in [0.4, 0.5) is 0 Å². The fraction of sp³-hybridized carbons (Fsp3) is 0.462. The molecule has 1 unspecified atom stereocenters. The van der Waals surface area contributed by atoms with Gasteiger partial charge in [0.1, 0.15) is 0 Å². The fourth-order valence-electron chi connectivity index (χ4n) is 1.74. The highest BCUT2D eigenvalue weighted by atomic mass is 32.2. The zero-order valence-electron chi connectivity index (χ0n) is 12.0. The van der Waals surface area contributed by atoms with E-state index < -0.39 is 16.1 Å². The molecule has 0 saturated heterocycles. The van der Waals surface area contributed by atoms with Gasteiger partial charge in [-0.05, 0) is 18.1 Å². The van der Waals surface area contributed by atoms with Gasteiger partial charge >= 0.3 is 0 Å². The van der Waals surface area contributed by atoms with Crippen LogP contribution in [0.1, 0.15) is 18.1 Å².